The molecule has 0 amide bonds. The van der Waals surface area contributed by atoms with E-state index in [-0.39, 0.29) is 26.3 Å². The molecule has 82 valence electrons. The molecule has 0 N–H and O–H groups in total. The molecule has 0 radical (unpaired) electrons. The average Bonchev–Trinajstić information content (AvgIpc) is 2.51. The van der Waals surface area contributed by atoms with Crippen LogP contribution in [0.5, 0.6) is 11.5 Å². The highest BCUT2D eigenvalue weighted by molar-refractivity contribution is 14.2. The maximum Gasteiger partial charge on any atom is 0.166 e. The number of hydrogen-bond donors (Lipinski definition) is 0. The Morgan fingerprint density at radius 1 is 1.47 bits per heavy atom. The fourth-order valence-electron chi connectivity index (χ4n) is 1.88. The standard InChI is InChI=1S/C12H15IO2/c1-12(2)7-8-9(13-3)5-6-10(14-4)11(8)15-12/h5-6H,3,7H2,1-2,4H3. The van der Waals surface area contributed by atoms with E-state index in [1.807, 2.05) is 6.07 Å². The maximum absolute atomic E-state index is 5.92. The minimum Gasteiger partial charge on any atom is -0.493 e. The van der Waals surface area contributed by atoms with E-state index in [0.29, 0.717) is 0 Å². The fraction of sp³-hybridized carbons (Fsp3) is 0.417. The molecule has 1 aromatic carbocycles. The third kappa shape index (κ3) is 1.89. The molecule has 2 nitrogen and oxygen atoms in total. The van der Waals surface area contributed by atoms with Crippen LogP contribution in [0.4, 0.5) is 0 Å². The summed E-state index contributed by atoms with van der Waals surface area (Å²) in [6.07, 6.45) is 0.962. The molecule has 0 saturated carbocycles. The van der Waals surface area contributed by atoms with Crippen molar-refractivity contribution in [1.29, 1.82) is 0 Å². The number of benzene rings is 1. The monoisotopic (exact) mass is 318 g/mol. The lowest BCUT2D eigenvalue weighted by Crippen LogP contribution is -2.24. The second-order valence-electron chi connectivity index (χ2n) is 4.23. The van der Waals surface area contributed by atoms with Crippen molar-refractivity contribution >= 4 is 25.2 Å². The SMILES string of the molecule is C=Ic1ccc(OC)c2c1CC(C)(C)O2. The van der Waals surface area contributed by atoms with Crippen LogP contribution in [0, 0.1) is 3.57 Å². The molecule has 1 aromatic rings. The van der Waals surface area contributed by atoms with Crippen LogP contribution in [0.1, 0.15) is 19.4 Å². The first-order valence-electron chi connectivity index (χ1n) is 4.84. The summed E-state index contributed by atoms with van der Waals surface area (Å²) in [5, 5.41) is 0. The van der Waals surface area contributed by atoms with Gasteiger partial charge in [-0.15, -0.1) is 0 Å². The third-order valence-electron chi connectivity index (χ3n) is 2.51. The summed E-state index contributed by atoms with van der Waals surface area (Å²) in [5.74, 6) is 1.78. The van der Waals surface area contributed by atoms with Gasteiger partial charge in [-0.2, -0.15) is 0 Å². The van der Waals surface area contributed by atoms with Gasteiger partial charge in [0, 0.05) is 15.6 Å². The van der Waals surface area contributed by atoms with Crippen molar-refractivity contribution in [3.05, 3.63) is 21.3 Å². The van der Waals surface area contributed by atoms with Gasteiger partial charge in [0.15, 0.2) is 11.5 Å². The van der Waals surface area contributed by atoms with Gasteiger partial charge in [0.2, 0.25) is 0 Å². The molecule has 0 unspecified atom stereocenters. The van der Waals surface area contributed by atoms with Crippen LogP contribution in [0.2, 0.25) is 0 Å². The molecule has 1 aliphatic heterocycles. The zero-order valence-electron chi connectivity index (χ0n) is 9.26. The normalized spacial score (nSPS) is 17.0. The van der Waals surface area contributed by atoms with Crippen LogP contribution in [-0.2, 0) is 6.42 Å². The van der Waals surface area contributed by atoms with Crippen LogP contribution >= 0.6 is 20.7 Å². The quantitative estimate of drug-likeness (QED) is 0.781. The minimum atomic E-state index is -0.141. The topological polar surface area (TPSA) is 18.5 Å². The lowest BCUT2D eigenvalue weighted by Gasteiger charge is -2.17. The second kappa shape index (κ2) is 3.77. The van der Waals surface area contributed by atoms with Gasteiger partial charge in [0.05, 0.1) is 7.11 Å². The Kier molecular flexibility index (Phi) is 2.75. The zero-order chi connectivity index (χ0) is 11.1. The number of hydrogen-bond acceptors (Lipinski definition) is 2. The lowest BCUT2D eigenvalue weighted by molar-refractivity contribution is 0.134. The van der Waals surface area contributed by atoms with Gasteiger partial charge >= 0.3 is 0 Å². The van der Waals surface area contributed by atoms with E-state index in [9.17, 15) is 0 Å². The van der Waals surface area contributed by atoms with Crippen LogP contribution in [-0.4, -0.2) is 17.2 Å². The predicted molar refractivity (Wildman–Crippen MR) is 71.2 cm³/mol. The van der Waals surface area contributed by atoms with E-state index < -0.39 is 0 Å². The van der Waals surface area contributed by atoms with Crippen LogP contribution < -0.4 is 9.47 Å². The van der Waals surface area contributed by atoms with Crippen molar-refractivity contribution in [3.63, 3.8) is 0 Å². The summed E-state index contributed by atoms with van der Waals surface area (Å²) in [4.78, 5) is 0. The molecular formula is C12H15IO2. The van der Waals surface area contributed by atoms with Crippen molar-refractivity contribution in [2.75, 3.05) is 7.11 Å². The number of halogens is 1. The fourth-order valence-corrected chi connectivity index (χ4v) is 3.21. The van der Waals surface area contributed by atoms with Crippen molar-refractivity contribution in [1.82, 2.24) is 0 Å². The summed E-state index contributed by atoms with van der Waals surface area (Å²) in [6.45, 7) is 4.22. The summed E-state index contributed by atoms with van der Waals surface area (Å²) in [7, 11) is 1.68. The molecule has 0 aliphatic carbocycles. The van der Waals surface area contributed by atoms with E-state index >= 15 is 0 Å². The van der Waals surface area contributed by atoms with E-state index in [4.69, 9.17) is 9.47 Å². The molecule has 3 heteroatoms. The summed E-state index contributed by atoms with van der Waals surface area (Å²) < 4.78 is 16.7. The first-order chi connectivity index (χ1) is 7.07. The van der Waals surface area contributed by atoms with Crippen molar-refractivity contribution in [2.45, 2.75) is 25.9 Å². The Morgan fingerprint density at radius 2 is 2.20 bits per heavy atom. The Balaban J connectivity index is 2.57. The molecule has 0 saturated heterocycles. The molecule has 0 bridgehead atoms. The van der Waals surface area contributed by atoms with E-state index in [2.05, 4.69) is 24.4 Å². The highest BCUT2D eigenvalue weighted by atomic mass is 127. The van der Waals surface area contributed by atoms with Gasteiger partial charge in [0.1, 0.15) is 5.60 Å². The van der Waals surface area contributed by atoms with E-state index in [0.717, 1.165) is 17.9 Å². The Hall–Kier alpha value is -0.580. The van der Waals surface area contributed by atoms with Crippen molar-refractivity contribution in [3.8, 4) is 11.5 Å². The molecule has 0 aromatic heterocycles. The van der Waals surface area contributed by atoms with Gasteiger partial charge in [0.25, 0.3) is 0 Å². The predicted octanol–water partition coefficient (Wildman–Crippen LogP) is 2.98. The second-order valence-corrected chi connectivity index (χ2v) is 6.15. The smallest absolute Gasteiger partial charge is 0.166 e. The van der Waals surface area contributed by atoms with E-state index in [1.165, 1.54) is 9.13 Å². The van der Waals surface area contributed by atoms with Gasteiger partial charge < -0.3 is 9.47 Å². The van der Waals surface area contributed by atoms with E-state index in [1.54, 1.807) is 7.11 Å². The molecule has 1 heterocycles. The molecular weight excluding hydrogens is 303 g/mol. The van der Waals surface area contributed by atoms with Crippen molar-refractivity contribution < 1.29 is 9.47 Å². The van der Waals surface area contributed by atoms with Gasteiger partial charge in [-0.3, -0.25) is 0 Å². The minimum absolute atomic E-state index is 0.107. The number of fused-ring (bicyclic) bond motifs is 1. The Labute approximate surface area is 100 Å². The first kappa shape index (κ1) is 10.9. The Morgan fingerprint density at radius 3 is 2.80 bits per heavy atom. The van der Waals surface area contributed by atoms with Crippen LogP contribution in [0.25, 0.3) is 0 Å². The molecule has 0 atom stereocenters. The van der Waals surface area contributed by atoms with Crippen molar-refractivity contribution in [2.24, 2.45) is 0 Å². The lowest BCUT2D eigenvalue weighted by atomic mass is 10.0. The molecule has 2 rings (SSSR count). The van der Waals surface area contributed by atoms with Crippen LogP contribution in [0.3, 0.4) is 0 Å². The summed E-state index contributed by atoms with van der Waals surface area (Å²) in [6, 6.07) is 4.11. The summed E-state index contributed by atoms with van der Waals surface area (Å²) >= 11 is -0.141. The Bertz CT molecular complexity index is 410. The van der Waals surface area contributed by atoms with Gasteiger partial charge in [-0.1, -0.05) is 25.2 Å². The largest absolute Gasteiger partial charge is 0.493 e. The number of methoxy groups -OCH3 is 1. The van der Waals surface area contributed by atoms with Crippen LogP contribution in [0.15, 0.2) is 12.1 Å². The van der Waals surface area contributed by atoms with Gasteiger partial charge in [-0.05, 0) is 26.0 Å². The summed E-state index contributed by atoms with van der Waals surface area (Å²) in [5.41, 5.74) is 1.20. The average molecular weight is 318 g/mol. The molecule has 15 heavy (non-hydrogen) atoms. The number of ether oxygens (including phenoxy) is 2. The maximum atomic E-state index is 5.92. The molecule has 0 fully saturated rings. The highest BCUT2D eigenvalue weighted by Crippen LogP contribution is 2.44. The van der Waals surface area contributed by atoms with Gasteiger partial charge in [-0.25, -0.2) is 0 Å². The first-order valence-corrected chi connectivity index (χ1v) is 7.45. The highest BCUT2D eigenvalue weighted by Gasteiger charge is 2.33. The molecule has 0 spiro atoms. The molecule has 1 aliphatic rings. The third-order valence-corrected chi connectivity index (χ3v) is 4.34. The zero-order valence-corrected chi connectivity index (χ0v) is 11.4. The number of rotatable bonds is 2.